The van der Waals surface area contributed by atoms with Crippen LogP contribution in [0.5, 0.6) is 0 Å². The summed E-state index contributed by atoms with van der Waals surface area (Å²) in [5, 5.41) is 18.7. The summed E-state index contributed by atoms with van der Waals surface area (Å²) in [6.45, 7) is 0. The van der Waals surface area contributed by atoms with Gasteiger partial charge >= 0.3 is 51.4 Å². The van der Waals surface area contributed by atoms with Crippen LogP contribution in [0.2, 0.25) is 0 Å². The Morgan fingerprint density at radius 2 is 2.09 bits per heavy atom. The van der Waals surface area contributed by atoms with E-state index in [1.807, 2.05) is 18.2 Å². The van der Waals surface area contributed by atoms with E-state index in [0.29, 0.717) is 11.8 Å². The van der Waals surface area contributed by atoms with Crippen molar-refractivity contribution in [3.8, 4) is 6.07 Å². The van der Waals surface area contributed by atoms with Gasteiger partial charge in [-0.3, -0.25) is 0 Å². The van der Waals surface area contributed by atoms with Crippen LogP contribution in [-0.2, 0) is 0 Å². The molecule has 0 spiro atoms. The van der Waals surface area contributed by atoms with E-state index in [9.17, 15) is 5.11 Å². The quantitative estimate of drug-likeness (QED) is 0.194. The van der Waals surface area contributed by atoms with E-state index in [1.165, 1.54) is 0 Å². The molecule has 0 radical (unpaired) electrons. The summed E-state index contributed by atoms with van der Waals surface area (Å²) in [7, 11) is 0. The van der Waals surface area contributed by atoms with Crippen LogP contribution in [0.3, 0.4) is 0 Å². The van der Waals surface area contributed by atoms with E-state index in [-0.39, 0.29) is 57.3 Å². The van der Waals surface area contributed by atoms with Crippen molar-refractivity contribution in [2.45, 2.75) is 12.8 Å². The standard InChI is InChI=1S/C8H9NO.K/c9-5-8(6-10)7-3-1-2-4-7;/h1-2,6-7,10H,3-4H2;/q;+1/p-1. The molecule has 0 bridgehead atoms. The molecular weight excluding hydrogens is 165 g/mol. The van der Waals surface area contributed by atoms with Gasteiger partial charge < -0.3 is 5.11 Å². The maximum Gasteiger partial charge on any atom is 1.00 e. The zero-order chi connectivity index (χ0) is 7.40. The first-order valence-corrected chi connectivity index (χ1v) is 3.25. The average Bonchev–Trinajstić information content (AvgIpc) is 2.43. The van der Waals surface area contributed by atoms with Gasteiger partial charge in [0.05, 0.1) is 6.07 Å². The molecule has 3 heteroatoms. The summed E-state index contributed by atoms with van der Waals surface area (Å²) in [6.07, 6.45) is 6.37. The minimum absolute atomic E-state index is 0. The molecule has 0 fully saturated rings. The van der Waals surface area contributed by atoms with E-state index < -0.39 is 0 Å². The molecule has 2 nitrogen and oxygen atoms in total. The van der Waals surface area contributed by atoms with Crippen LogP contribution < -0.4 is 56.5 Å². The summed E-state index contributed by atoms with van der Waals surface area (Å²) in [5.41, 5.74) is 0.380. The molecule has 0 saturated carbocycles. The number of rotatable bonds is 1. The predicted octanol–water partition coefficient (Wildman–Crippen LogP) is -2.28. The molecule has 0 aromatic heterocycles. The first-order valence-electron chi connectivity index (χ1n) is 3.25. The van der Waals surface area contributed by atoms with Crippen LogP contribution in [0.15, 0.2) is 24.0 Å². The van der Waals surface area contributed by atoms with Crippen LogP contribution in [0.25, 0.3) is 0 Å². The van der Waals surface area contributed by atoms with Gasteiger partial charge in [-0.15, -0.1) is 6.26 Å². The van der Waals surface area contributed by atoms with E-state index in [0.717, 1.165) is 12.8 Å². The summed E-state index contributed by atoms with van der Waals surface area (Å²) < 4.78 is 0. The zero-order valence-electron chi connectivity index (χ0n) is 6.58. The van der Waals surface area contributed by atoms with Crippen LogP contribution in [0.1, 0.15) is 12.8 Å². The summed E-state index contributed by atoms with van der Waals surface area (Å²) in [4.78, 5) is 0. The maximum atomic E-state index is 10.2. The molecule has 0 aromatic rings. The molecule has 1 aliphatic carbocycles. The van der Waals surface area contributed by atoms with Crippen molar-refractivity contribution in [1.29, 1.82) is 5.26 Å². The van der Waals surface area contributed by atoms with Crippen LogP contribution in [0, 0.1) is 17.2 Å². The Hall–Kier alpha value is 0.406. The SMILES string of the molecule is N#CC(=C[O-])C1CC=CC1.[K+]. The Bertz CT molecular complexity index is 207. The van der Waals surface area contributed by atoms with Crippen LogP contribution in [0.4, 0.5) is 0 Å². The summed E-state index contributed by atoms with van der Waals surface area (Å²) >= 11 is 0. The molecule has 0 saturated heterocycles. The maximum absolute atomic E-state index is 10.2. The van der Waals surface area contributed by atoms with Gasteiger partial charge in [0.2, 0.25) is 0 Å². The molecular formula is C8H8KNO. The van der Waals surface area contributed by atoms with Crippen molar-refractivity contribution < 1.29 is 56.5 Å². The molecule has 1 aliphatic rings. The molecule has 0 aliphatic heterocycles. The summed E-state index contributed by atoms with van der Waals surface area (Å²) in [5.74, 6) is 0.169. The molecule has 11 heavy (non-hydrogen) atoms. The molecule has 1 rings (SSSR count). The van der Waals surface area contributed by atoms with E-state index in [1.54, 1.807) is 0 Å². The second-order valence-corrected chi connectivity index (χ2v) is 2.32. The zero-order valence-corrected chi connectivity index (χ0v) is 9.70. The monoisotopic (exact) mass is 173 g/mol. The minimum atomic E-state index is 0. The topological polar surface area (TPSA) is 46.8 Å². The fraction of sp³-hybridized carbons (Fsp3) is 0.375. The number of hydrogen-bond donors (Lipinski definition) is 0. The van der Waals surface area contributed by atoms with Gasteiger partial charge in [0.1, 0.15) is 0 Å². The van der Waals surface area contributed by atoms with Gasteiger partial charge in [0.15, 0.2) is 0 Å². The third kappa shape index (κ3) is 3.10. The molecule has 0 N–H and O–H groups in total. The van der Waals surface area contributed by atoms with Gasteiger partial charge in [0.25, 0.3) is 0 Å². The van der Waals surface area contributed by atoms with Crippen molar-refractivity contribution in [3.63, 3.8) is 0 Å². The Morgan fingerprint density at radius 3 is 2.45 bits per heavy atom. The average molecular weight is 173 g/mol. The molecule has 52 valence electrons. The first-order chi connectivity index (χ1) is 4.88. The second-order valence-electron chi connectivity index (χ2n) is 2.32. The predicted molar refractivity (Wildman–Crippen MR) is 35.6 cm³/mol. The number of nitrogens with zero attached hydrogens (tertiary/aromatic N) is 1. The van der Waals surface area contributed by atoms with Crippen molar-refractivity contribution in [2.75, 3.05) is 0 Å². The molecule has 0 heterocycles. The van der Waals surface area contributed by atoms with Gasteiger partial charge in [-0.1, -0.05) is 12.2 Å². The van der Waals surface area contributed by atoms with E-state index in [4.69, 9.17) is 5.26 Å². The molecule has 0 unspecified atom stereocenters. The number of allylic oxidation sites excluding steroid dienone is 3. The molecule has 0 atom stereocenters. The second kappa shape index (κ2) is 5.98. The molecule has 0 amide bonds. The third-order valence-electron chi connectivity index (χ3n) is 1.70. The first kappa shape index (κ1) is 11.4. The van der Waals surface area contributed by atoms with E-state index in [2.05, 4.69) is 0 Å². The third-order valence-corrected chi connectivity index (χ3v) is 1.70. The normalized spacial score (nSPS) is 17.5. The van der Waals surface area contributed by atoms with Crippen molar-refractivity contribution >= 4 is 0 Å². The Labute approximate surface area is 109 Å². The van der Waals surface area contributed by atoms with Crippen LogP contribution >= 0.6 is 0 Å². The van der Waals surface area contributed by atoms with Gasteiger partial charge in [-0.25, -0.2) is 0 Å². The number of nitriles is 1. The largest absolute Gasteiger partial charge is 1.00 e. The Morgan fingerprint density at radius 1 is 1.55 bits per heavy atom. The number of hydrogen-bond acceptors (Lipinski definition) is 2. The minimum Gasteiger partial charge on any atom is -0.877 e. The fourth-order valence-corrected chi connectivity index (χ4v) is 1.09. The van der Waals surface area contributed by atoms with Gasteiger partial charge in [0, 0.05) is 5.57 Å². The Balaban J connectivity index is 0.000001000. The van der Waals surface area contributed by atoms with Crippen LogP contribution in [-0.4, -0.2) is 0 Å². The van der Waals surface area contributed by atoms with Crippen molar-refractivity contribution in [3.05, 3.63) is 24.0 Å². The van der Waals surface area contributed by atoms with E-state index >= 15 is 0 Å². The smallest absolute Gasteiger partial charge is 0.877 e. The van der Waals surface area contributed by atoms with Gasteiger partial charge in [-0.05, 0) is 18.8 Å². The summed E-state index contributed by atoms with van der Waals surface area (Å²) in [6, 6.07) is 1.90. The Kier molecular flexibility index (Phi) is 6.20. The molecule has 0 aromatic carbocycles. The van der Waals surface area contributed by atoms with Crippen molar-refractivity contribution in [1.82, 2.24) is 0 Å². The van der Waals surface area contributed by atoms with Gasteiger partial charge in [-0.2, -0.15) is 5.26 Å². The fourth-order valence-electron chi connectivity index (χ4n) is 1.09. The van der Waals surface area contributed by atoms with Crippen molar-refractivity contribution in [2.24, 2.45) is 5.92 Å².